The highest BCUT2D eigenvalue weighted by molar-refractivity contribution is 8.13. The maximum absolute atomic E-state index is 11.8. The summed E-state index contributed by atoms with van der Waals surface area (Å²) in [5.74, 6) is 0. The molecular formula is C18H25N3O4S. The number of carbonyl (C=O) groups excluding carboxylic acids is 2. The van der Waals surface area contributed by atoms with Crippen LogP contribution in [-0.4, -0.2) is 53.8 Å². The van der Waals surface area contributed by atoms with Crippen LogP contribution in [0.5, 0.6) is 0 Å². The Morgan fingerprint density at radius 3 is 2.58 bits per heavy atom. The van der Waals surface area contributed by atoms with E-state index in [4.69, 9.17) is 9.47 Å². The predicted octanol–water partition coefficient (Wildman–Crippen LogP) is 3.94. The molecule has 1 aromatic rings. The Morgan fingerprint density at radius 1 is 1.31 bits per heavy atom. The molecule has 7 nitrogen and oxygen atoms in total. The first-order valence-corrected chi connectivity index (χ1v) is 9.76. The normalized spacial score (nSPS) is 16.3. The lowest BCUT2D eigenvalue weighted by Crippen LogP contribution is -2.43. The van der Waals surface area contributed by atoms with Gasteiger partial charge in [0.1, 0.15) is 6.17 Å². The maximum atomic E-state index is 11.8. The van der Waals surface area contributed by atoms with E-state index >= 15 is 0 Å². The minimum absolute atomic E-state index is 0.174. The second kappa shape index (κ2) is 9.47. The number of cyclic esters (lactones) is 1. The Hall–Kier alpha value is -2.22. The van der Waals surface area contributed by atoms with Crippen LogP contribution in [0.4, 0.5) is 15.3 Å². The summed E-state index contributed by atoms with van der Waals surface area (Å²) in [4.78, 5) is 29.8. The van der Waals surface area contributed by atoms with Gasteiger partial charge in [-0.3, -0.25) is 15.2 Å². The van der Waals surface area contributed by atoms with Crippen molar-refractivity contribution in [1.82, 2.24) is 4.90 Å². The van der Waals surface area contributed by atoms with Gasteiger partial charge >= 0.3 is 12.2 Å². The molecule has 0 radical (unpaired) electrons. The van der Waals surface area contributed by atoms with Crippen molar-refractivity contribution < 1.29 is 19.1 Å². The highest BCUT2D eigenvalue weighted by Crippen LogP contribution is 2.18. The molecule has 8 heteroatoms. The topological polar surface area (TPSA) is 80.2 Å². The Balaban J connectivity index is 2.07. The number of rotatable bonds is 5. The molecule has 142 valence electrons. The van der Waals surface area contributed by atoms with Crippen LogP contribution in [0, 0.1) is 0 Å². The summed E-state index contributed by atoms with van der Waals surface area (Å²) in [5, 5.41) is 3.49. The van der Waals surface area contributed by atoms with E-state index in [0.717, 1.165) is 17.0 Å². The Morgan fingerprint density at radius 2 is 2.00 bits per heavy atom. The van der Waals surface area contributed by atoms with Gasteiger partial charge in [-0.2, -0.15) is 0 Å². The van der Waals surface area contributed by atoms with Crippen LogP contribution in [0.3, 0.4) is 0 Å². The number of hydrogen-bond donors (Lipinski definition) is 1. The lowest BCUT2D eigenvalue weighted by atomic mass is 10.2. The summed E-state index contributed by atoms with van der Waals surface area (Å²) in [5.41, 5.74) is 1.56. The fourth-order valence-electron chi connectivity index (χ4n) is 2.45. The van der Waals surface area contributed by atoms with Crippen LogP contribution < -0.4 is 5.32 Å². The number of hydrogen-bond acceptors (Lipinski definition) is 6. The second-order valence-electron chi connectivity index (χ2n) is 6.09. The first-order valence-electron chi connectivity index (χ1n) is 8.54. The number of amides is 2. The Bertz CT molecular complexity index is 661. The number of anilines is 1. The van der Waals surface area contributed by atoms with Crippen LogP contribution in [-0.2, 0) is 9.47 Å². The fraction of sp³-hybridized carbons (Fsp3) is 0.500. The SMILES string of the molecule is CSC(=NC(C)N1CCCOC1=O)c1ccc(NC(=O)OC(C)C)cc1. The van der Waals surface area contributed by atoms with Gasteiger partial charge in [0.2, 0.25) is 0 Å². The fourth-order valence-corrected chi connectivity index (χ4v) is 3.08. The van der Waals surface area contributed by atoms with E-state index in [1.165, 1.54) is 11.8 Å². The average molecular weight is 379 g/mol. The van der Waals surface area contributed by atoms with E-state index in [-0.39, 0.29) is 18.4 Å². The number of nitrogens with one attached hydrogen (secondary N) is 1. The van der Waals surface area contributed by atoms with Crippen LogP contribution in [0.25, 0.3) is 0 Å². The molecule has 1 aliphatic heterocycles. The van der Waals surface area contributed by atoms with Crippen molar-refractivity contribution in [1.29, 1.82) is 0 Å². The van der Waals surface area contributed by atoms with Crippen molar-refractivity contribution in [3.05, 3.63) is 29.8 Å². The van der Waals surface area contributed by atoms with E-state index in [0.29, 0.717) is 18.8 Å². The molecule has 0 aliphatic carbocycles. The Labute approximate surface area is 158 Å². The third-order valence-corrected chi connectivity index (χ3v) is 4.40. The highest BCUT2D eigenvalue weighted by atomic mass is 32.2. The summed E-state index contributed by atoms with van der Waals surface area (Å²) in [6.07, 6.45) is 1.47. The molecule has 1 atom stereocenters. The van der Waals surface area contributed by atoms with Gasteiger partial charge in [0.05, 0.1) is 17.8 Å². The van der Waals surface area contributed by atoms with Crippen molar-refractivity contribution in [2.24, 2.45) is 4.99 Å². The number of benzene rings is 1. The van der Waals surface area contributed by atoms with Crippen LogP contribution in [0.15, 0.2) is 29.3 Å². The van der Waals surface area contributed by atoms with Gasteiger partial charge in [0.15, 0.2) is 0 Å². The summed E-state index contributed by atoms with van der Waals surface area (Å²) >= 11 is 1.50. The molecule has 1 N–H and O–H groups in total. The molecule has 1 aromatic carbocycles. The summed E-state index contributed by atoms with van der Waals surface area (Å²) in [6.45, 7) is 6.58. The van der Waals surface area contributed by atoms with Crippen LogP contribution in [0.1, 0.15) is 32.8 Å². The molecule has 1 saturated heterocycles. The molecule has 1 aliphatic rings. The maximum Gasteiger partial charge on any atom is 0.411 e. The van der Waals surface area contributed by atoms with Gasteiger partial charge in [0, 0.05) is 17.8 Å². The molecule has 1 heterocycles. The number of aliphatic imine (C=N–C) groups is 1. The molecule has 1 fully saturated rings. The van der Waals surface area contributed by atoms with Crippen molar-refractivity contribution in [3.63, 3.8) is 0 Å². The largest absolute Gasteiger partial charge is 0.449 e. The Kier molecular flexibility index (Phi) is 7.32. The van der Waals surface area contributed by atoms with Crippen LogP contribution in [0.2, 0.25) is 0 Å². The minimum atomic E-state index is -0.483. The van der Waals surface area contributed by atoms with E-state index in [1.807, 2.05) is 25.3 Å². The van der Waals surface area contributed by atoms with Gasteiger partial charge < -0.3 is 9.47 Å². The third kappa shape index (κ3) is 5.66. The number of carbonyl (C=O) groups is 2. The highest BCUT2D eigenvalue weighted by Gasteiger charge is 2.24. The molecular weight excluding hydrogens is 354 g/mol. The monoisotopic (exact) mass is 379 g/mol. The van der Waals surface area contributed by atoms with E-state index < -0.39 is 6.09 Å². The van der Waals surface area contributed by atoms with Gasteiger partial charge in [-0.25, -0.2) is 9.59 Å². The van der Waals surface area contributed by atoms with Crippen LogP contribution >= 0.6 is 11.8 Å². The lowest BCUT2D eigenvalue weighted by molar-refractivity contribution is 0.0598. The quantitative estimate of drug-likeness (QED) is 0.619. The number of thioether (sulfide) groups is 1. The average Bonchev–Trinajstić information content (AvgIpc) is 2.60. The molecule has 0 bridgehead atoms. The summed E-state index contributed by atoms with van der Waals surface area (Å²) in [7, 11) is 0. The zero-order valence-corrected chi connectivity index (χ0v) is 16.3. The van der Waals surface area contributed by atoms with Gasteiger partial charge in [-0.05, 0) is 45.6 Å². The van der Waals surface area contributed by atoms with Gasteiger partial charge in [0.25, 0.3) is 0 Å². The molecule has 26 heavy (non-hydrogen) atoms. The molecule has 0 spiro atoms. The third-order valence-electron chi connectivity index (χ3n) is 3.67. The van der Waals surface area contributed by atoms with E-state index in [9.17, 15) is 9.59 Å². The molecule has 1 unspecified atom stereocenters. The first-order chi connectivity index (χ1) is 12.4. The summed E-state index contributed by atoms with van der Waals surface area (Å²) < 4.78 is 10.1. The number of ether oxygens (including phenoxy) is 2. The first kappa shape index (κ1) is 20.1. The van der Waals surface area contributed by atoms with Crippen molar-refractivity contribution in [2.75, 3.05) is 24.7 Å². The van der Waals surface area contributed by atoms with E-state index in [2.05, 4.69) is 10.3 Å². The zero-order valence-electron chi connectivity index (χ0n) is 15.5. The van der Waals surface area contributed by atoms with E-state index in [1.54, 1.807) is 30.9 Å². The van der Waals surface area contributed by atoms with Crippen molar-refractivity contribution in [3.8, 4) is 0 Å². The standard InChI is InChI=1S/C18H25N3O4S/c1-12(2)25-17(22)20-15-8-6-14(7-9-15)16(26-4)19-13(3)21-10-5-11-24-18(21)23/h6-9,12-13H,5,10-11H2,1-4H3,(H,20,22). The zero-order chi connectivity index (χ0) is 19.1. The smallest absolute Gasteiger partial charge is 0.411 e. The minimum Gasteiger partial charge on any atom is -0.449 e. The molecule has 0 saturated carbocycles. The summed E-state index contributed by atoms with van der Waals surface area (Å²) in [6, 6.07) is 7.34. The lowest BCUT2D eigenvalue weighted by Gasteiger charge is -2.29. The van der Waals surface area contributed by atoms with Crippen molar-refractivity contribution >= 4 is 34.7 Å². The van der Waals surface area contributed by atoms with Gasteiger partial charge in [-0.15, -0.1) is 11.8 Å². The molecule has 0 aromatic heterocycles. The predicted molar refractivity (Wildman–Crippen MR) is 104 cm³/mol. The molecule has 2 rings (SSSR count). The van der Waals surface area contributed by atoms with Crippen molar-refractivity contribution in [2.45, 2.75) is 39.5 Å². The molecule has 2 amide bonds. The second-order valence-corrected chi connectivity index (χ2v) is 6.88. The number of nitrogens with zero attached hydrogens (tertiary/aromatic N) is 2. The van der Waals surface area contributed by atoms with Gasteiger partial charge in [-0.1, -0.05) is 12.1 Å².